The Morgan fingerprint density at radius 3 is 2.10 bits per heavy atom. The first kappa shape index (κ1) is 30.1. The summed E-state index contributed by atoms with van der Waals surface area (Å²) in [5.41, 5.74) is -1.28. The number of aryl methyl sites for hydroxylation is 1. The van der Waals surface area contributed by atoms with E-state index in [1.165, 1.54) is 12.3 Å². The molecule has 1 aromatic heterocycles. The zero-order chi connectivity index (χ0) is 30.7. The Balaban J connectivity index is 0.000000197. The largest absolute Gasteiger partial charge is 0.872 e. The molecule has 5 rings (SSSR count). The van der Waals surface area contributed by atoms with Crippen LogP contribution in [0, 0.1) is 23.3 Å². The number of benzene rings is 3. The molecule has 1 fully saturated rings. The van der Waals surface area contributed by atoms with Gasteiger partial charge in [0.15, 0.2) is 0 Å². The molecule has 0 spiro atoms. The number of piperazine rings is 1. The maximum Gasteiger partial charge on any atom is 0.341 e. The highest BCUT2D eigenvalue weighted by Gasteiger charge is 2.21. The lowest BCUT2D eigenvalue weighted by Gasteiger charge is -2.28. The van der Waals surface area contributed by atoms with Crippen molar-refractivity contribution in [1.82, 2.24) is 4.57 Å². The number of carbonyl (C=O) groups is 2. The minimum absolute atomic E-state index is 0.108. The van der Waals surface area contributed by atoms with Gasteiger partial charge in [0, 0.05) is 30.3 Å². The number of hydrogen-bond acceptors (Lipinski definition) is 5. The second-order valence-corrected chi connectivity index (χ2v) is 9.40. The summed E-state index contributed by atoms with van der Waals surface area (Å²) in [6, 6.07) is 6.60. The van der Waals surface area contributed by atoms with Gasteiger partial charge in [-0.1, -0.05) is 17.9 Å². The van der Waals surface area contributed by atoms with E-state index in [1.54, 1.807) is 10.6 Å². The average Bonchev–Trinajstić information content (AvgIpc) is 2.94. The van der Waals surface area contributed by atoms with Crippen LogP contribution in [0.1, 0.15) is 27.6 Å². The number of nitrogens with two attached hydrogens (primary N) is 1. The van der Waals surface area contributed by atoms with Gasteiger partial charge >= 0.3 is 11.9 Å². The van der Waals surface area contributed by atoms with Gasteiger partial charge in [-0.15, -0.1) is 0 Å². The van der Waals surface area contributed by atoms with Crippen LogP contribution in [0.3, 0.4) is 0 Å². The fraction of sp³-hybridized carbons (Fsp3) is 0.207. The van der Waals surface area contributed by atoms with Crippen LogP contribution in [0.4, 0.5) is 23.2 Å². The van der Waals surface area contributed by atoms with E-state index in [4.69, 9.17) is 10.2 Å². The third-order valence-electron chi connectivity index (χ3n) is 6.77. The molecule has 3 aromatic carbocycles. The molecule has 4 aromatic rings. The van der Waals surface area contributed by atoms with E-state index < -0.39 is 57.5 Å². The summed E-state index contributed by atoms with van der Waals surface area (Å²) in [7, 11) is 0. The highest BCUT2D eigenvalue weighted by molar-refractivity contribution is 5.94. The van der Waals surface area contributed by atoms with Crippen molar-refractivity contribution in [1.29, 1.82) is 0 Å². The van der Waals surface area contributed by atoms with Crippen molar-refractivity contribution in [2.75, 3.05) is 31.1 Å². The number of halogens is 4. The molecule has 4 N–H and O–H groups in total. The third kappa shape index (κ3) is 6.05. The highest BCUT2D eigenvalue weighted by atomic mass is 19.1. The molecule has 0 amide bonds. The number of anilines is 1. The number of aromatic nitrogens is 1. The molecular formula is C29H25F4N3O6. The topological polar surface area (TPSA) is 140 Å². The molecule has 0 atom stereocenters. The fourth-order valence-corrected chi connectivity index (χ4v) is 4.72. The Labute approximate surface area is 235 Å². The summed E-state index contributed by atoms with van der Waals surface area (Å²) in [6.45, 7) is 5.63. The molecular weight excluding hydrogens is 562 g/mol. The van der Waals surface area contributed by atoms with Gasteiger partial charge in [0.05, 0.1) is 48.5 Å². The van der Waals surface area contributed by atoms with Gasteiger partial charge in [0.2, 0.25) is 5.43 Å². The van der Waals surface area contributed by atoms with Gasteiger partial charge in [0.1, 0.15) is 28.8 Å². The van der Waals surface area contributed by atoms with Crippen molar-refractivity contribution >= 4 is 28.5 Å². The van der Waals surface area contributed by atoms with Crippen molar-refractivity contribution < 1.29 is 47.8 Å². The molecule has 1 saturated heterocycles. The quantitative estimate of drug-likeness (QED) is 0.305. The first-order chi connectivity index (χ1) is 19.9. The normalized spacial score (nSPS) is 13.0. The summed E-state index contributed by atoms with van der Waals surface area (Å²) >= 11 is 0. The lowest BCUT2D eigenvalue weighted by atomic mass is 10.0. The number of carboxylic acid groups (broad SMARTS) is 2. The minimum atomic E-state index is -1.50. The Morgan fingerprint density at radius 1 is 0.905 bits per heavy atom. The molecule has 0 saturated carbocycles. The predicted molar refractivity (Wildman–Crippen MR) is 143 cm³/mol. The van der Waals surface area contributed by atoms with E-state index in [1.807, 2.05) is 11.8 Å². The van der Waals surface area contributed by atoms with Gasteiger partial charge in [0.25, 0.3) is 0 Å². The Bertz CT molecular complexity index is 1730. The fourth-order valence-electron chi connectivity index (χ4n) is 4.72. The number of fused-ring (bicyclic) bond motifs is 1. The van der Waals surface area contributed by atoms with Crippen LogP contribution in [0.15, 0.2) is 53.5 Å². The van der Waals surface area contributed by atoms with Crippen LogP contribution in [0.25, 0.3) is 22.0 Å². The van der Waals surface area contributed by atoms with Gasteiger partial charge in [-0.3, -0.25) is 4.79 Å². The third-order valence-corrected chi connectivity index (χ3v) is 6.77. The van der Waals surface area contributed by atoms with Crippen LogP contribution in [0.2, 0.25) is 0 Å². The minimum Gasteiger partial charge on any atom is -0.872 e. The molecule has 0 unspecified atom stereocenters. The number of rotatable bonds is 5. The molecule has 0 bridgehead atoms. The zero-order valence-corrected chi connectivity index (χ0v) is 22.2. The molecule has 220 valence electrons. The monoisotopic (exact) mass is 587 g/mol. The van der Waals surface area contributed by atoms with Crippen molar-refractivity contribution in [2.45, 2.75) is 13.5 Å². The molecule has 0 radical (unpaired) electrons. The summed E-state index contributed by atoms with van der Waals surface area (Å²) in [4.78, 5) is 36.3. The van der Waals surface area contributed by atoms with E-state index in [0.29, 0.717) is 29.9 Å². The first-order valence-corrected chi connectivity index (χ1v) is 12.8. The first-order valence-electron chi connectivity index (χ1n) is 12.8. The highest BCUT2D eigenvalue weighted by Crippen LogP contribution is 2.30. The lowest BCUT2D eigenvalue weighted by molar-refractivity contribution is -0.655. The molecule has 2 heterocycles. The summed E-state index contributed by atoms with van der Waals surface area (Å²) in [5.74, 6) is -7.50. The maximum absolute atomic E-state index is 14.5. The van der Waals surface area contributed by atoms with Crippen LogP contribution in [-0.4, -0.2) is 52.9 Å². The number of nitrogens with zero attached hydrogens (tertiary/aromatic N) is 2. The SMILES string of the molecule is CCn1cc(C(=O)O)c(=O)c2cc(F)c(N3CC[NH2+]CC3)cc21.O=C(O)c1cc(-c2c(F)cc(F)cc2F)ccc1[O-]. The predicted octanol–water partition coefficient (Wildman–Crippen LogP) is 2.78. The average molecular weight is 588 g/mol. The second kappa shape index (κ2) is 12.3. The van der Waals surface area contributed by atoms with Crippen molar-refractivity contribution in [2.24, 2.45) is 0 Å². The van der Waals surface area contributed by atoms with Gasteiger partial charge in [-0.25, -0.2) is 27.2 Å². The summed E-state index contributed by atoms with van der Waals surface area (Å²) in [6.07, 6.45) is 1.33. The van der Waals surface area contributed by atoms with Gasteiger partial charge in [-0.2, -0.15) is 0 Å². The lowest BCUT2D eigenvalue weighted by Crippen LogP contribution is -2.89. The van der Waals surface area contributed by atoms with Crippen molar-refractivity contribution in [3.05, 3.63) is 93.3 Å². The van der Waals surface area contributed by atoms with E-state index in [0.717, 1.165) is 44.4 Å². The van der Waals surface area contributed by atoms with Gasteiger partial charge in [-0.05, 0) is 30.7 Å². The summed E-state index contributed by atoms with van der Waals surface area (Å²) in [5, 5.41) is 31.5. The molecule has 13 heteroatoms. The smallest absolute Gasteiger partial charge is 0.341 e. The Hall–Kier alpha value is -4.91. The number of aromatic carboxylic acids is 2. The standard InChI is InChI=1S/C16H18FN3O3.C13H7F3O3/c1-2-19-9-11(16(22)23)15(21)10-7-12(17)14(8-13(10)19)20-5-3-18-4-6-20;14-7-4-9(15)12(10(16)5-7)6-1-2-11(17)8(3-6)13(18)19/h7-9,18H,2-6H2,1H3,(H,22,23);1-5,17H,(H,18,19). The van der Waals surface area contributed by atoms with Crippen molar-refractivity contribution in [3.63, 3.8) is 0 Å². The number of hydrogen-bond donors (Lipinski definition) is 3. The van der Waals surface area contributed by atoms with Crippen LogP contribution in [0.5, 0.6) is 5.75 Å². The van der Waals surface area contributed by atoms with E-state index in [2.05, 4.69) is 5.32 Å². The van der Waals surface area contributed by atoms with E-state index in [-0.39, 0.29) is 16.5 Å². The van der Waals surface area contributed by atoms with Gasteiger partial charge < -0.3 is 30.1 Å². The maximum atomic E-state index is 14.5. The summed E-state index contributed by atoms with van der Waals surface area (Å²) < 4.78 is 56.0. The van der Waals surface area contributed by atoms with Crippen LogP contribution >= 0.6 is 0 Å². The second-order valence-electron chi connectivity index (χ2n) is 9.40. The zero-order valence-electron chi connectivity index (χ0n) is 22.2. The molecule has 42 heavy (non-hydrogen) atoms. The van der Waals surface area contributed by atoms with E-state index >= 15 is 0 Å². The van der Waals surface area contributed by atoms with E-state index in [9.17, 15) is 37.1 Å². The molecule has 1 aliphatic heterocycles. The molecule has 9 nitrogen and oxygen atoms in total. The van der Waals surface area contributed by atoms with Crippen LogP contribution < -0.4 is 20.8 Å². The Kier molecular flexibility index (Phi) is 8.81. The number of pyridine rings is 1. The number of carboxylic acids is 2. The Morgan fingerprint density at radius 2 is 1.52 bits per heavy atom. The molecule has 1 aliphatic rings. The van der Waals surface area contributed by atoms with Crippen LogP contribution in [-0.2, 0) is 6.54 Å². The van der Waals surface area contributed by atoms with Crippen molar-refractivity contribution in [3.8, 4) is 16.9 Å². The number of quaternary nitrogens is 1. The molecule has 0 aliphatic carbocycles.